The highest BCUT2D eigenvalue weighted by Gasteiger charge is 2.23. The number of anilines is 1. The minimum atomic E-state index is -0.433. The fourth-order valence-electron chi connectivity index (χ4n) is 3.28. The fourth-order valence-corrected chi connectivity index (χ4v) is 3.46. The van der Waals surface area contributed by atoms with Gasteiger partial charge in [0.25, 0.3) is 0 Å². The van der Waals surface area contributed by atoms with Gasteiger partial charge in [0.05, 0.1) is 18.6 Å². The van der Waals surface area contributed by atoms with Crippen molar-refractivity contribution < 1.29 is 13.9 Å². The smallest absolute Gasteiger partial charge is 0.407 e. The monoisotopic (exact) mass is 413 g/mol. The summed E-state index contributed by atoms with van der Waals surface area (Å²) in [6.07, 6.45) is 5.43. The molecule has 0 spiro atoms. The summed E-state index contributed by atoms with van der Waals surface area (Å²) in [6.45, 7) is 0.743. The van der Waals surface area contributed by atoms with Gasteiger partial charge in [0.15, 0.2) is 5.82 Å². The van der Waals surface area contributed by atoms with Crippen molar-refractivity contribution in [2.24, 2.45) is 4.99 Å². The molecule has 0 bridgehead atoms. The van der Waals surface area contributed by atoms with Gasteiger partial charge in [-0.05, 0) is 54.6 Å². The molecule has 3 aromatic rings. The lowest BCUT2D eigenvalue weighted by Crippen LogP contribution is -2.24. The van der Waals surface area contributed by atoms with Crippen molar-refractivity contribution in [1.29, 1.82) is 0 Å². The molecule has 0 aliphatic carbocycles. The Morgan fingerprint density at radius 1 is 1.28 bits per heavy atom. The van der Waals surface area contributed by atoms with E-state index in [0.29, 0.717) is 24.7 Å². The number of carbonyl (C=O) groups excluding carboxylic acids is 1. The summed E-state index contributed by atoms with van der Waals surface area (Å²) in [5.41, 5.74) is 8.98. The number of hydrogen-bond acceptors (Lipinski definition) is 7. The number of nitrogens with zero attached hydrogens (tertiary/aromatic N) is 3. The number of amides is 1. The number of fused-ring (bicyclic) bond motifs is 2. The molecular formula is C20H20ClN5O3. The van der Waals surface area contributed by atoms with Crippen LogP contribution in [0, 0.1) is 0 Å². The maximum absolute atomic E-state index is 11.9. The predicted octanol–water partition coefficient (Wildman–Crippen LogP) is 4.35. The topological polar surface area (TPSA) is 116 Å². The van der Waals surface area contributed by atoms with Gasteiger partial charge in [-0.1, -0.05) is 6.07 Å². The van der Waals surface area contributed by atoms with Crippen molar-refractivity contribution in [2.75, 3.05) is 12.3 Å². The van der Waals surface area contributed by atoms with E-state index in [9.17, 15) is 4.79 Å². The van der Waals surface area contributed by atoms with Crippen LogP contribution in [0.4, 0.5) is 16.3 Å². The Morgan fingerprint density at radius 2 is 2.17 bits per heavy atom. The highest BCUT2D eigenvalue weighted by Crippen LogP contribution is 2.37. The first kappa shape index (κ1) is 19.2. The van der Waals surface area contributed by atoms with Crippen LogP contribution in [0.25, 0.3) is 11.0 Å². The van der Waals surface area contributed by atoms with Crippen LogP contribution >= 0.6 is 11.6 Å². The minimum absolute atomic E-state index is 0.0551. The molecule has 0 radical (unpaired) electrons. The molecule has 0 saturated heterocycles. The number of aliphatic imine (C=N–C) groups is 1. The quantitative estimate of drug-likeness (QED) is 0.439. The third kappa shape index (κ3) is 4.48. The van der Waals surface area contributed by atoms with Gasteiger partial charge in [0.2, 0.25) is 5.28 Å². The lowest BCUT2D eigenvalue weighted by Gasteiger charge is -2.10. The number of aromatic nitrogens is 2. The molecule has 1 aliphatic heterocycles. The molecule has 0 saturated carbocycles. The van der Waals surface area contributed by atoms with Gasteiger partial charge in [-0.15, -0.1) is 0 Å². The number of unbranched alkanes of at least 4 members (excludes halogenated alkanes) is 1. The van der Waals surface area contributed by atoms with Crippen LogP contribution in [-0.2, 0) is 11.3 Å². The summed E-state index contributed by atoms with van der Waals surface area (Å²) in [4.78, 5) is 24.3. The number of ether oxygens (including phenoxy) is 1. The van der Waals surface area contributed by atoms with E-state index in [-0.39, 0.29) is 11.2 Å². The lowest BCUT2D eigenvalue weighted by molar-refractivity contribution is 0.143. The van der Waals surface area contributed by atoms with E-state index >= 15 is 0 Å². The highest BCUT2D eigenvalue weighted by molar-refractivity contribution is 6.28. The van der Waals surface area contributed by atoms with E-state index in [1.807, 2.05) is 30.5 Å². The number of hydrogen-bond donors (Lipinski definition) is 2. The average Bonchev–Trinajstić information content (AvgIpc) is 3.32. The molecule has 1 unspecified atom stereocenters. The predicted molar refractivity (Wildman–Crippen MR) is 111 cm³/mol. The van der Waals surface area contributed by atoms with Crippen LogP contribution in [0.5, 0.6) is 0 Å². The fraction of sp³-hybridized carbons (Fsp3) is 0.300. The second-order valence-electron chi connectivity index (χ2n) is 6.77. The molecule has 9 heteroatoms. The normalized spacial score (nSPS) is 14.9. The summed E-state index contributed by atoms with van der Waals surface area (Å²) >= 11 is 5.88. The summed E-state index contributed by atoms with van der Waals surface area (Å²) < 4.78 is 10.5. The Balaban J connectivity index is 1.16. The molecule has 1 atom stereocenters. The van der Waals surface area contributed by atoms with Crippen molar-refractivity contribution >= 4 is 46.4 Å². The van der Waals surface area contributed by atoms with Gasteiger partial charge in [-0.2, -0.15) is 4.98 Å². The Labute approximate surface area is 172 Å². The van der Waals surface area contributed by atoms with Crippen LogP contribution < -0.4 is 11.1 Å². The molecule has 1 amide bonds. The van der Waals surface area contributed by atoms with Crippen LogP contribution in [0.2, 0.25) is 5.28 Å². The van der Waals surface area contributed by atoms with Crippen LogP contribution in [-0.4, -0.2) is 28.9 Å². The summed E-state index contributed by atoms with van der Waals surface area (Å²) in [6, 6.07) is 7.66. The first-order valence-corrected chi connectivity index (χ1v) is 9.72. The maximum Gasteiger partial charge on any atom is 0.407 e. The number of rotatable bonds is 7. The van der Waals surface area contributed by atoms with E-state index < -0.39 is 6.09 Å². The van der Waals surface area contributed by atoms with E-state index in [4.69, 9.17) is 26.5 Å². The Hall–Kier alpha value is -3.13. The van der Waals surface area contributed by atoms with E-state index in [2.05, 4.69) is 20.3 Å². The van der Waals surface area contributed by atoms with Gasteiger partial charge < -0.3 is 20.2 Å². The Morgan fingerprint density at radius 3 is 3.07 bits per heavy atom. The number of benzene rings is 1. The number of halogens is 1. The van der Waals surface area contributed by atoms with Gasteiger partial charge in [-0.25, -0.2) is 9.78 Å². The molecule has 8 nitrogen and oxygen atoms in total. The number of carbonyl (C=O) groups is 1. The van der Waals surface area contributed by atoms with Crippen LogP contribution in [0.15, 0.2) is 39.9 Å². The minimum Gasteiger partial charge on any atom is -0.464 e. The number of nitrogens with one attached hydrogen (secondary N) is 1. The second-order valence-corrected chi connectivity index (χ2v) is 7.11. The third-order valence-corrected chi connectivity index (χ3v) is 4.91. The summed E-state index contributed by atoms with van der Waals surface area (Å²) in [5, 5.41) is 3.89. The maximum atomic E-state index is 11.9. The molecule has 0 fully saturated rings. The first-order valence-electron chi connectivity index (χ1n) is 9.34. The summed E-state index contributed by atoms with van der Waals surface area (Å²) in [5.74, 6) is 0.352. The Kier molecular flexibility index (Phi) is 5.62. The Bertz CT molecular complexity index is 1070. The first-order chi connectivity index (χ1) is 14.1. The molecule has 1 aliphatic rings. The molecule has 4 rings (SSSR count). The molecule has 3 heterocycles. The average molecular weight is 414 g/mol. The van der Waals surface area contributed by atoms with Gasteiger partial charge >= 0.3 is 6.09 Å². The van der Waals surface area contributed by atoms with Crippen LogP contribution in [0.3, 0.4) is 0 Å². The van der Waals surface area contributed by atoms with E-state index in [1.54, 1.807) is 6.26 Å². The zero-order valence-electron chi connectivity index (χ0n) is 15.6. The highest BCUT2D eigenvalue weighted by atomic mass is 35.5. The van der Waals surface area contributed by atoms with Crippen molar-refractivity contribution in [2.45, 2.75) is 31.7 Å². The number of alkyl carbamates (subject to hydrolysis) is 1. The molecular weight excluding hydrogens is 394 g/mol. The molecule has 3 N–H and O–H groups in total. The van der Waals surface area contributed by atoms with Gasteiger partial charge in [0, 0.05) is 24.1 Å². The molecule has 2 aromatic heterocycles. The SMILES string of the molecule is Nc1nc(Cl)nc2c1N=CC2CCCCOC(=O)NCc1ccc2occc2c1. The number of nitrogen functional groups attached to an aromatic ring is 1. The van der Waals surface area contributed by atoms with Crippen LogP contribution in [0.1, 0.15) is 36.4 Å². The second kappa shape index (κ2) is 8.48. The van der Waals surface area contributed by atoms with Crippen molar-refractivity contribution in [1.82, 2.24) is 15.3 Å². The molecule has 150 valence electrons. The van der Waals surface area contributed by atoms with Gasteiger partial charge in [-0.3, -0.25) is 4.99 Å². The molecule has 1 aromatic carbocycles. The number of furan rings is 1. The largest absolute Gasteiger partial charge is 0.464 e. The standard InChI is InChI=1S/C20H20ClN5O3/c21-19-25-16-14(11-23-17(16)18(22)26-19)3-1-2-7-29-20(27)24-10-12-4-5-15-13(9-12)6-8-28-15/h4-6,8-9,11,14H,1-3,7,10H2,(H,24,27)(H2,22,25,26). The van der Waals surface area contributed by atoms with E-state index in [0.717, 1.165) is 41.5 Å². The van der Waals surface area contributed by atoms with Crippen molar-refractivity contribution in [3.63, 3.8) is 0 Å². The van der Waals surface area contributed by atoms with Gasteiger partial charge in [0.1, 0.15) is 11.3 Å². The third-order valence-electron chi connectivity index (χ3n) is 4.74. The lowest BCUT2D eigenvalue weighted by atomic mass is 10.0. The summed E-state index contributed by atoms with van der Waals surface area (Å²) in [7, 11) is 0. The zero-order chi connectivity index (χ0) is 20.2. The number of nitrogens with two attached hydrogens (primary N) is 1. The molecule has 29 heavy (non-hydrogen) atoms. The van der Waals surface area contributed by atoms with Crippen molar-refractivity contribution in [3.8, 4) is 0 Å². The van der Waals surface area contributed by atoms with E-state index in [1.165, 1.54) is 0 Å². The zero-order valence-corrected chi connectivity index (χ0v) is 16.4. The van der Waals surface area contributed by atoms with Crippen molar-refractivity contribution in [3.05, 3.63) is 47.1 Å².